The third-order valence-electron chi connectivity index (χ3n) is 4.11. The van der Waals surface area contributed by atoms with Crippen molar-refractivity contribution in [2.24, 2.45) is 5.92 Å². The Morgan fingerprint density at radius 3 is 2.50 bits per heavy atom. The van der Waals surface area contributed by atoms with E-state index in [9.17, 15) is 4.79 Å². The molecular formula is C19H22N4O. The molecule has 5 heteroatoms. The van der Waals surface area contributed by atoms with Crippen molar-refractivity contribution < 1.29 is 0 Å². The SMILES string of the molecule is C=C(c1nn2ccccc2c1-c1ccc(=O)n(C(C)C)n1)C(C)C. The lowest BCUT2D eigenvalue weighted by molar-refractivity contribution is 0.505. The molecule has 0 amide bonds. The van der Waals surface area contributed by atoms with Crippen molar-refractivity contribution in [3.05, 3.63) is 59.2 Å². The number of hydrogen-bond acceptors (Lipinski definition) is 3. The first-order valence-electron chi connectivity index (χ1n) is 8.17. The normalized spacial score (nSPS) is 11.6. The average Bonchev–Trinajstić information content (AvgIpc) is 2.93. The van der Waals surface area contributed by atoms with Gasteiger partial charge in [0, 0.05) is 12.3 Å². The molecular weight excluding hydrogens is 300 g/mol. The molecule has 0 spiro atoms. The molecule has 0 N–H and O–H groups in total. The second kappa shape index (κ2) is 6.07. The van der Waals surface area contributed by atoms with Crippen LogP contribution in [0.25, 0.3) is 22.3 Å². The molecule has 0 saturated heterocycles. The van der Waals surface area contributed by atoms with Gasteiger partial charge in [-0.05, 0) is 43.5 Å². The highest BCUT2D eigenvalue weighted by atomic mass is 16.1. The van der Waals surface area contributed by atoms with Gasteiger partial charge in [0.25, 0.3) is 5.56 Å². The minimum Gasteiger partial charge on any atom is -0.268 e. The van der Waals surface area contributed by atoms with Gasteiger partial charge >= 0.3 is 0 Å². The zero-order valence-corrected chi connectivity index (χ0v) is 14.5. The zero-order chi connectivity index (χ0) is 17.4. The van der Waals surface area contributed by atoms with Crippen molar-refractivity contribution in [3.8, 4) is 11.3 Å². The molecule has 0 saturated carbocycles. The van der Waals surface area contributed by atoms with Crippen LogP contribution in [0.2, 0.25) is 0 Å². The van der Waals surface area contributed by atoms with E-state index in [0.29, 0.717) is 0 Å². The van der Waals surface area contributed by atoms with Crippen LogP contribution in [-0.4, -0.2) is 19.4 Å². The van der Waals surface area contributed by atoms with Crippen LogP contribution in [0.1, 0.15) is 39.4 Å². The Hall–Kier alpha value is -2.69. The highest BCUT2D eigenvalue weighted by Gasteiger charge is 2.20. The minimum absolute atomic E-state index is 0.00367. The van der Waals surface area contributed by atoms with E-state index in [1.54, 1.807) is 12.1 Å². The maximum atomic E-state index is 12.0. The van der Waals surface area contributed by atoms with Gasteiger partial charge in [0.2, 0.25) is 0 Å². The standard InChI is InChI=1S/C19H22N4O/c1-12(2)14(5)19-18(16-8-6-7-11-22(16)21-19)15-9-10-17(24)23(20-15)13(3)4/h6-13H,5H2,1-4H3. The largest absolute Gasteiger partial charge is 0.268 e. The smallest absolute Gasteiger partial charge is 0.267 e. The molecule has 0 atom stereocenters. The highest BCUT2D eigenvalue weighted by molar-refractivity contribution is 5.88. The van der Waals surface area contributed by atoms with Crippen molar-refractivity contribution in [1.29, 1.82) is 0 Å². The average molecular weight is 322 g/mol. The number of nitrogens with zero attached hydrogens (tertiary/aromatic N) is 4. The summed E-state index contributed by atoms with van der Waals surface area (Å²) in [5.74, 6) is 0.268. The number of fused-ring (bicyclic) bond motifs is 1. The van der Waals surface area contributed by atoms with Gasteiger partial charge in [-0.1, -0.05) is 26.5 Å². The third-order valence-corrected chi connectivity index (χ3v) is 4.11. The van der Waals surface area contributed by atoms with Crippen LogP contribution < -0.4 is 5.56 Å². The quantitative estimate of drug-likeness (QED) is 0.734. The summed E-state index contributed by atoms with van der Waals surface area (Å²) in [6.07, 6.45) is 1.91. The van der Waals surface area contributed by atoms with Gasteiger partial charge < -0.3 is 0 Å². The summed E-state index contributed by atoms with van der Waals surface area (Å²) in [6.45, 7) is 12.3. The molecule has 0 aliphatic rings. The topological polar surface area (TPSA) is 52.2 Å². The van der Waals surface area contributed by atoms with Crippen LogP contribution in [0.3, 0.4) is 0 Å². The Labute approximate surface area is 141 Å². The molecule has 0 fully saturated rings. The maximum Gasteiger partial charge on any atom is 0.267 e. The van der Waals surface area contributed by atoms with Gasteiger partial charge in [-0.3, -0.25) is 4.79 Å². The number of allylic oxidation sites excluding steroid dienone is 1. The van der Waals surface area contributed by atoms with Gasteiger partial charge in [0.15, 0.2) is 0 Å². The summed E-state index contributed by atoms with van der Waals surface area (Å²) in [4.78, 5) is 12.0. The maximum absolute atomic E-state index is 12.0. The van der Waals surface area contributed by atoms with E-state index in [1.165, 1.54) is 4.68 Å². The van der Waals surface area contributed by atoms with Crippen LogP contribution in [-0.2, 0) is 0 Å². The highest BCUT2D eigenvalue weighted by Crippen LogP contribution is 2.33. The van der Waals surface area contributed by atoms with Crippen molar-refractivity contribution >= 4 is 11.1 Å². The lowest BCUT2D eigenvalue weighted by Gasteiger charge is -2.12. The zero-order valence-electron chi connectivity index (χ0n) is 14.5. The molecule has 5 nitrogen and oxygen atoms in total. The number of pyridine rings is 1. The number of hydrogen-bond donors (Lipinski definition) is 0. The Morgan fingerprint density at radius 1 is 1.08 bits per heavy atom. The molecule has 3 aromatic heterocycles. The fourth-order valence-corrected chi connectivity index (χ4v) is 2.68. The Bertz CT molecular complexity index is 963. The molecule has 124 valence electrons. The van der Waals surface area contributed by atoms with E-state index < -0.39 is 0 Å². The molecule has 3 rings (SSSR count). The summed E-state index contributed by atoms with van der Waals surface area (Å²) < 4.78 is 3.34. The van der Waals surface area contributed by atoms with Gasteiger partial charge in [0.05, 0.1) is 28.5 Å². The fraction of sp³-hybridized carbons (Fsp3) is 0.316. The monoisotopic (exact) mass is 322 g/mol. The molecule has 3 aromatic rings. The van der Waals surface area contributed by atoms with Crippen LogP contribution in [0.5, 0.6) is 0 Å². The Morgan fingerprint density at radius 2 is 1.83 bits per heavy atom. The van der Waals surface area contributed by atoms with Crippen molar-refractivity contribution in [3.63, 3.8) is 0 Å². The molecule has 0 unspecified atom stereocenters. The molecule has 0 bridgehead atoms. The molecule has 0 aromatic carbocycles. The first-order valence-corrected chi connectivity index (χ1v) is 8.17. The lowest BCUT2D eigenvalue weighted by atomic mass is 9.97. The predicted octanol–water partition coefficient (Wildman–Crippen LogP) is 3.81. The third kappa shape index (κ3) is 2.66. The summed E-state index contributed by atoms with van der Waals surface area (Å²) in [6, 6.07) is 9.25. The molecule has 0 radical (unpaired) electrons. The van der Waals surface area contributed by atoms with E-state index >= 15 is 0 Å². The van der Waals surface area contributed by atoms with Crippen LogP contribution >= 0.6 is 0 Å². The van der Waals surface area contributed by atoms with Gasteiger partial charge in [-0.2, -0.15) is 10.2 Å². The van der Waals surface area contributed by atoms with Gasteiger partial charge in [0.1, 0.15) is 0 Å². The second-order valence-electron chi connectivity index (χ2n) is 6.53. The van der Waals surface area contributed by atoms with Crippen LogP contribution in [0, 0.1) is 5.92 Å². The van der Waals surface area contributed by atoms with Gasteiger partial charge in [-0.15, -0.1) is 0 Å². The molecule has 24 heavy (non-hydrogen) atoms. The Kier molecular flexibility index (Phi) is 4.09. The van der Waals surface area contributed by atoms with E-state index in [1.807, 2.05) is 42.8 Å². The summed E-state index contributed by atoms with van der Waals surface area (Å²) in [5.41, 5.74) is 4.30. The number of aromatic nitrogens is 4. The van der Waals surface area contributed by atoms with Crippen molar-refractivity contribution in [1.82, 2.24) is 19.4 Å². The number of rotatable bonds is 4. The van der Waals surface area contributed by atoms with Crippen molar-refractivity contribution in [2.45, 2.75) is 33.7 Å². The van der Waals surface area contributed by atoms with Crippen molar-refractivity contribution in [2.75, 3.05) is 0 Å². The predicted molar refractivity (Wildman–Crippen MR) is 96.9 cm³/mol. The lowest BCUT2D eigenvalue weighted by Crippen LogP contribution is -2.24. The molecule has 0 aliphatic carbocycles. The van der Waals surface area contributed by atoms with E-state index in [4.69, 9.17) is 5.10 Å². The summed E-state index contributed by atoms with van der Waals surface area (Å²) >= 11 is 0. The van der Waals surface area contributed by atoms with Crippen LogP contribution in [0.4, 0.5) is 0 Å². The van der Waals surface area contributed by atoms with E-state index in [-0.39, 0.29) is 17.5 Å². The van der Waals surface area contributed by atoms with Crippen LogP contribution in [0.15, 0.2) is 47.9 Å². The van der Waals surface area contributed by atoms with Gasteiger partial charge in [-0.25, -0.2) is 9.20 Å². The molecule has 0 aliphatic heterocycles. The second-order valence-corrected chi connectivity index (χ2v) is 6.53. The summed E-state index contributed by atoms with van der Waals surface area (Å²) in [5, 5.41) is 9.27. The summed E-state index contributed by atoms with van der Waals surface area (Å²) in [7, 11) is 0. The fourth-order valence-electron chi connectivity index (χ4n) is 2.68. The molecule has 3 heterocycles. The van der Waals surface area contributed by atoms with E-state index in [0.717, 1.165) is 28.0 Å². The Balaban J connectivity index is 2.32. The minimum atomic E-state index is -0.102. The first-order chi connectivity index (χ1) is 11.4. The first kappa shape index (κ1) is 16.2. The van der Waals surface area contributed by atoms with E-state index in [2.05, 4.69) is 25.5 Å².